The number of aromatic amines is 1. The largest absolute Gasteiger partial charge is 0.384 e. The van der Waals surface area contributed by atoms with Crippen LogP contribution < -0.4 is 0 Å². The fourth-order valence-electron chi connectivity index (χ4n) is 2.30. The average Bonchev–Trinajstić information content (AvgIpc) is 2.97. The third-order valence-corrected chi connectivity index (χ3v) is 3.87. The first-order valence-electron chi connectivity index (χ1n) is 6.41. The van der Waals surface area contributed by atoms with Crippen LogP contribution in [0.15, 0.2) is 71.5 Å². The lowest BCUT2D eigenvalue weighted by molar-refractivity contribution is 0.221. The first-order chi connectivity index (χ1) is 9.75. The number of halogens is 1. The van der Waals surface area contributed by atoms with E-state index < -0.39 is 6.10 Å². The molecule has 0 saturated heterocycles. The molecule has 0 amide bonds. The molecule has 2 nitrogen and oxygen atoms in total. The van der Waals surface area contributed by atoms with Gasteiger partial charge in [0.2, 0.25) is 0 Å². The Labute approximate surface area is 126 Å². The number of hydrogen-bond acceptors (Lipinski definition) is 1. The summed E-state index contributed by atoms with van der Waals surface area (Å²) in [6, 6.07) is 17.8. The van der Waals surface area contributed by atoms with Crippen molar-refractivity contribution in [3.05, 3.63) is 82.6 Å². The maximum Gasteiger partial charge on any atom is 0.106 e. The number of rotatable bonds is 3. The Morgan fingerprint density at radius 3 is 2.30 bits per heavy atom. The van der Waals surface area contributed by atoms with Crippen molar-refractivity contribution >= 4 is 15.9 Å². The molecule has 0 spiro atoms. The fourth-order valence-corrected chi connectivity index (χ4v) is 2.56. The Morgan fingerprint density at radius 2 is 1.60 bits per heavy atom. The first-order valence-corrected chi connectivity index (χ1v) is 7.20. The predicted octanol–water partition coefficient (Wildman–Crippen LogP) is 4.53. The van der Waals surface area contributed by atoms with E-state index in [9.17, 15) is 5.11 Å². The van der Waals surface area contributed by atoms with E-state index in [1.54, 1.807) is 0 Å². The van der Waals surface area contributed by atoms with Gasteiger partial charge in [-0.2, -0.15) is 0 Å². The highest BCUT2D eigenvalue weighted by atomic mass is 79.9. The van der Waals surface area contributed by atoms with E-state index in [2.05, 4.69) is 20.9 Å². The number of H-pyrrole nitrogens is 1. The molecule has 0 saturated carbocycles. The van der Waals surface area contributed by atoms with Gasteiger partial charge in [0.05, 0.1) is 0 Å². The van der Waals surface area contributed by atoms with Crippen molar-refractivity contribution in [2.24, 2.45) is 0 Å². The molecule has 3 heteroatoms. The topological polar surface area (TPSA) is 36.0 Å². The average molecular weight is 328 g/mol. The van der Waals surface area contributed by atoms with Crippen LogP contribution in [0.1, 0.15) is 17.2 Å². The molecule has 0 unspecified atom stereocenters. The van der Waals surface area contributed by atoms with Crippen molar-refractivity contribution in [2.75, 3.05) is 0 Å². The zero-order valence-electron chi connectivity index (χ0n) is 10.8. The molecule has 1 atom stereocenters. The van der Waals surface area contributed by atoms with Crippen LogP contribution in [0.4, 0.5) is 0 Å². The maximum absolute atomic E-state index is 10.5. The van der Waals surface area contributed by atoms with Crippen molar-refractivity contribution in [2.45, 2.75) is 6.10 Å². The van der Waals surface area contributed by atoms with Gasteiger partial charge in [-0.3, -0.25) is 0 Å². The Hall–Kier alpha value is -1.84. The predicted molar refractivity (Wildman–Crippen MR) is 84.4 cm³/mol. The van der Waals surface area contributed by atoms with Crippen LogP contribution >= 0.6 is 15.9 Å². The van der Waals surface area contributed by atoms with Crippen LogP contribution in [0.5, 0.6) is 0 Å². The van der Waals surface area contributed by atoms with Crippen molar-refractivity contribution in [3.8, 4) is 11.1 Å². The third kappa shape index (κ3) is 2.55. The summed E-state index contributed by atoms with van der Waals surface area (Å²) in [4.78, 5) is 3.09. The second kappa shape index (κ2) is 5.65. The van der Waals surface area contributed by atoms with Crippen LogP contribution in [0.25, 0.3) is 11.1 Å². The van der Waals surface area contributed by atoms with Gasteiger partial charge in [0.1, 0.15) is 6.10 Å². The van der Waals surface area contributed by atoms with Gasteiger partial charge < -0.3 is 10.1 Å². The summed E-state index contributed by atoms with van der Waals surface area (Å²) in [6.45, 7) is 0. The zero-order chi connectivity index (χ0) is 13.9. The van der Waals surface area contributed by atoms with E-state index in [0.29, 0.717) is 0 Å². The standard InChI is InChI=1S/C17H14BrNO/c18-14-8-6-12(7-9-14)15-10-19-11-16(15)17(20)13-4-2-1-3-5-13/h1-11,17,19-20H/t17-/m0/s1. The van der Waals surface area contributed by atoms with Gasteiger partial charge in [-0.25, -0.2) is 0 Å². The minimum atomic E-state index is -0.624. The molecule has 2 N–H and O–H groups in total. The first kappa shape index (κ1) is 13.2. The van der Waals surface area contributed by atoms with Gasteiger partial charge in [-0.1, -0.05) is 58.4 Å². The minimum absolute atomic E-state index is 0.624. The van der Waals surface area contributed by atoms with Crippen LogP contribution in [0.3, 0.4) is 0 Å². The van der Waals surface area contributed by atoms with E-state index in [1.165, 1.54) is 0 Å². The number of nitrogens with one attached hydrogen (secondary N) is 1. The van der Waals surface area contributed by atoms with Crippen molar-refractivity contribution < 1.29 is 5.11 Å². The summed E-state index contributed by atoms with van der Waals surface area (Å²) in [5, 5.41) is 10.5. The molecule has 100 valence electrons. The van der Waals surface area contributed by atoms with E-state index in [1.807, 2.05) is 67.0 Å². The molecule has 2 aromatic carbocycles. The van der Waals surface area contributed by atoms with Crippen molar-refractivity contribution in [1.82, 2.24) is 4.98 Å². The van der Waals surface area contributed by atoms with Crippen LogP contribution in [0.2, 0.25) is 0 Å². The molecule has 3 aromatic rings. The minimum Gasteiger partial charge on any atom is -0.384 e. The quantitative estimate of drug-likeness (QED) is 0.728. The fraction of sp³-hybridized carbons (Fsp3) is 0.0588. The Balaban J connectivity index is 2.00. The Morgan fingerprint density at radius 1 is 0.900 bits per heavy atom. The highest BCUT2D eigenvalue weighted by Gasteiger charge is 2.16. The molecule has 20 heavy (non-hydrogen) atoms. The second-order valence-corrected chi connectivity index (χ2v) is 5.56. The van der Waals surface area contributed by atoms with Gasteiger partial charge >= 0.3 is 0 Å². The van der Waals surface area contributed by atoms with Gasteiger partial charge in [-0.15, -0.1) is 0 Å². The smallest absolute Gasteiger partial charge is 0.106 e. The molecule has 3 rings (SSSR count). The van der Waals surface area contributed by atoms with E-state index >= 15 is 0 Å². The molecular formula is C17H14BrNO. The SMILES string of the molecule is O[C@@H](c1ccccc1)c1c[nH]cc1-c1ccc(Br)cc1. The second-order valence-electron chi connectivity index (χ2n) is 4.64. The monoisotopic (exact) mass is 327 g/mol. The summed E-state index contributed by atoms with van der Waals surface area (Å²) in [5.74, 6) is 0. The molecular weight excluding hydrogens is 314 g/mol. The van der Waals surface area contributed by atoms with E-state index in [0.717, 1.165) is 26.7 Å². The van der Waals surface area contributed by atoms with Gasteiger partial charge in [-0.05, 0) is 23.3 Å². The summed E-state index contributed by atoms with van der Waals surface area (Å²) in [7, 11) is 0. The van der Waals surface area contributed by atoms with Crippen molar-refractivity contribution in [1.29, 1.82) is 0 Å². The molecule has 1 aromatic heterocycles. The molecule has 0 fully saturated rings. The zero-order valence-corrected chi connectivity index (χ0v) is 12.3. The molecule has 0 aliphatic rings. The van der Waals surface area contributed by atoms with Crippen LogP contribution in [-0.4, -0.2) is 10.1 Å². The van der Waals surface area contributed by atoms with Gasteiger partial charge in [0.15, 0.2) is 0 Å². The highest BCUT2D eigenvalue weighted by Crippen LogP contribution is 2.32. The van der Waals surface area contributed by atoms with E-state index in [4.69, 9.17) is 0 Å². The highest BCUT2D eigenvalue weighted by molar-refractivity contribution is 9.10. The Kier molecular flexibility index (Phi) is 3.72. The molecule has 0 radical (unpaired) electrons. The van der Waals surface area contributed by atoms with Crippen molar-refractivity contribution in [3.63, 3.8) is 0 Å². The number of aliphatic hydroxyl groups excluding tert-OH is 1. The molecule has 0 aliphatic heterocycles. The molecule has 1 heterocycles. The number of benzene rings is 2. The lowest BCUT2D eigenvalue weighted by Gasteiger charge is -2.12. The summed E-state index contributed by atoms with van der Waals surface area (Å²) < 4.78 is 1.04. The van der Waals surface area contributed by atoms with Gasteiger partial charge in [0.25, 0.3) is 0 Å². The normalized spacial score (nSPS) is 12.3. The number of hydrogen-bond donors (Lipinski definition) is 2. The maximum atomic E-state index is 10.5. The lowest BCUT2D eigenvalue weighted by Crippen LogP contribution is -1.99. The molecule has 0 aliphatic carbocycles. The number of aliphatic hydroxyl groups is 1. The third-order valence-electron chi connectivity index (χ3n) is 3.34. The lowest BCUT2D eigenvalue weighted by atomic mass is 9.97. The van der Waals surface area contributed by atoms with Gasteiger partial charge in [0, 0.05) is 28.0 Å². The Bertz CT molecular complexity index is 689. The number of aromatic nitrogens is 1. The van der Waals surface area contributed by atoms with Crippen LogP contribution in [-0.2, 0) is 0 Å². The summed E-state index contributed by atoms with van der Waals surface area (Å²) in [5.41, 5.74) is 3.89. The van der Waals surface area contributed by atoms with E-state index in [-0.39, 0.29) is 0 Å². The summed E-state index contributed by atoms with van der Waals surface area (Å²) >= 11 is 3.44. The summed E-state index contributed by atoms with van der Waals surface area (Å²) in [6.07, 6.45) is 3.15. The molecule has 0 bridgehead atoms. The van der Waals surface area contributed by atoms with Crippen LogP contribution in [0, 0.1) is 0 Å².